The fourth-order valence-corrected chi connectivity index (χ4v) is 1.93. The van der Waals surface area contributed by atoms with Crippen molar-refractivity contribution in [3.8, 4) is 0 Å². The Balaban J connectivity index is 1.99. The third-order valence-corrected chi connectivity index (χ3v) is 2.86. The minimum Gasteiger partial charge on any atom is -0.393 e. The molecule has 0 aromatic heterocycles. The molecule has 2 atom stereocenters. The summed E-state index contributed by atoms with van der Waals surface area (Å²) in [4.78, 5) is 0. The van der Waals surface area contributed by atoms with E-state index in [4.69, 9.17) is 0 Å². The maximum Gasteiger partial charge on any atom is 0.0603 e. The van der Waals surface area contributed by atoms with Gasteiger partial charge in [0.15, 0.2) is 0 Å². The van der Waals surface area contributed by atoms with Crippen LogP contribution in [0.25, 0.3) is 0 Å². The second-order valence-electron chi connectivity index (χ2n) is 5.10. The van der Waals surface area contributed by atoms with Crippen LogP contribution in [0.2, 0.25) is 0 Å². The first-order valence-corrected chi connectivity index (χ1v) is 5.58. The van der Waals surface area contributed by atoms with Gasteiger partial charge in [-0.25, -0.2) is 0 Å². The van der Waals surface area contributed by atoms with Crippen molar-refractivity contribution < 1.29 is 10.2 Å². The van der Waals surface area contributed by atoms with Crippen molar-refractivity contribution in [3.05, 3.63) is 0 Å². The average Bonchev–Trinajstić information content (AvgIpc) is 2.44. The van der Waals surface area contributed by atoms with Crippen LogP contribution < -0.4 is 5.32 Å². The van der Waals surface area contributed by atoms with Crippen LogP contribution >= 0.6 is 0 Å². The van der Waals surface area contributed by atoms with E-state index in [1.807, 2.05) is 13.8 Å². The van der Waals surface area contributed by atoms with E-state index in [2.05, 4.69) is 5.32 Å². The number of nitrogens with one attached hydrogen (secondary N) is 1. The van der Waals surface area contributed by atoms with Gasteiger partial charge in [-0.3, -0.25) is 0 Å². The number of rotatable bonds is 5. The zero-order valence-corrected chi connectivity index (χ0v) is 9.29. The van der Waals surface area contributed by atoms with Crippen molar-refractivity contribution in [1.29, 1.82) is 0 Å². The largest absolute Gasteiger partial charge is 0.393 e. The maximum absolute atomic E-state index is 9.47. The van der Waals surface area contributed by atoms with E-state index in [9.17, 15) is 10.2 Å². The normalized spacial score (nSPS) is 28.3. The molecule has 3 heteroatoms. The predicted molar refractivity (Wildman–Crippen MR) is 57.1 cm³/mol. The second kappa shape index (κ2) is 5.10. The summed E-state index contributed by atoms with van der Waals surface area (Å²) in [5.41, 5.74) is -0.567. The lowest BCUT2D eigenvalue weighted by Crippen LogP contribution is -2.29. The van der Waals surface area contributed by atoms with E-state index in [1.54, 1.807) is 0 Å². The molecule has 0 spiro atoms. The van der Waals surface area contributed by atoms with E-state index in [1.165, 1.54) is 0 Å². The Morgan fingerprint density at radius 2 is 2.07 bits per heavy atom. The molecule has 0 saturated heterocycles. The first-order valence-electron chi connectivity index (χ1n) is 5.58. The van der Waals surface area contributed by atoms with E-state index in [0.717, 1.165) is 38.8 Å². The van der Waals surface area contributed by atoms with Gasteiger partial charge in [0.05, 0.1) is 11.7 Å². The topological polar surface area (TPSA) is 52.5 Å². The zero-order valence-electron chi connectivity index (χ0n) is 9.29. The Bertz CT molecular complexity index is 165. The van der Waals surface area contributed by atoms with Crippen LogP contribution in [-0.2, 0) is 0 Å². The number of aliphatic hydroxyl groups is 2. The van der Waals surface area contributed by atoms with E-state index >= 15 is 0 Å². The minimum atomic E-state index is -0.567. The van der Waals surface area contributed by atoms with Gasteiger partial charge in [0.25, 0.3) is 0 Å². The molecule has 0 aliphatic heterocycles. The molecule has 0 heterocycles. The zero-order chi connectivity index (χ0) is 10.6. The molecular weight excluding hydrogens is 178 g/mol. The van der Waals surface area contributed by atoms with Crippen molar-refractivity contribution in [2.45, 2.75) is 51.2 Å². The van der Waals surface area contributed by atoms with Crippen LogP contribution in [0.1, 0.15) is 39.5 Å². The highest BCUT2D eigenvalue weighted by molar-refractivity contribution is 4.76. The molecule has 0 aromatic carbocycles. The summed E-state index contributed by atoms with van der Waals surface area (Å²) in [6.45, 7) is 5.49. The third kappa shape index (κ3) is 4.94. The fourth-order valence-electron chi connectivity index (χ4n) is 1.93. The van der Waals surface area contributed by atoms with Gasteiger partial charge in [0.1, 0.15) is 0 Å². The van der Waals surface area contributed by atoms with Gasteiger partial charge in [-0.15, -0.1) is 0 Å². The summed E-state index contributed by atoms with van der Waals surface area (Å²) in [5, 5.41) is 22.1. The van der Waals surface area contributed by atoms with Crippen molar-refractivity contribution in [2.24, 2.45) is 5.92 Å². The second-order valence-corrected chi connectivity index (χ2v) is 5.10. The summed E-state index contributed by atoms with van der Waals surface area (Å²) in [7, 11) is 0. The average molecular weight is 201 g/mol. The number of hydrogen-bond acceptors (Lipinski definition) is 3. The molecule has 2 unspecified atom stereocenters. The molecule has 0 bridgehead atoms. The van der Waals surface area contributed by atoms with Crippen LogP contribution in [0.3, 0.4) is 0 Å². The first-order chi connectivity index (χ1) is 6.47. The lowest BCUT2D eigenvalue weighted by molar-refractivity contribution is 0.0708. The number of hydrogen-bond donors (Lipinski definition) is 3. The summed E-state index contributed by atoms with van der Waals surface area (Å²) in [6, 6.07) is 0. The van der Waals surface area contributed by atoms with Crippen molar-refractivity contribution in [2.75, 3.05) is 13.1 Å². The Morgan fingerprint density at radius 3 is 2.57 bits per heavy atom. The molecule has 3 N–H and O–H groups in total. The highest BCUT2D eigenvalue weighted by Gasteiger charge is 2.22. The van der Waals surface area contributed by atoms with Gasteiger partial charge in [-0.1, -0.05) is 0 Å². The van der Waals surface area contributed by atoms with Crippen LogP contribution in [0.5, 0.6) is 0 Å². The third-order valence-electron chi connectivity index (χ3n) is 2.86. The summed E-state index contributed by atoms with van der Waals surface area (Å²) in [5.74, 6) is 0.631. The molecule has 1 aliphatic carbocycles. The van der Waals surface area contributed by atoms with E-state index < -0.39 is 5.60 Å². The van der Waals surface area contributed by atoms with Gasteiger partial charge in [0, 0.05) is 0 Å². The van der Waals surface area contributed by atoms with Crippen molar-refractivity contribution in [3.63, 3.8) is 0 Å². The Morgan fingerprint density at radius 1 is 1.36 bits per heavy atom. The molecule has 0 amide bonds. The van der Waals surface area contributed by atoms with Crippen LogP contribution in [0.4, 0.5) is 0 Å². The summed E-state index contributed by atoms with van der Waals surface area (Å²) >= 11 is 0. The lowest BCUT2D eigenvalue weighted by atomic mass is 10.1. The molecule has 1 aliphatic rings. The van der Waals surface area contributed by atoms with Gasteiger partial charge in [-0.05, 0) is 58.5 Å². The Labute approximate surface area is 86.5 Å². The molecule has 14 heavy (non-hydrogen) atoms. The van der Waals surface area contributed by atoms with Crippen molar-refractivity contribution >= 4 is 0 Å². The van der Waals surface area contributed by atoms with Crippen LogP contribution in [0, 0.1) is 5.92 Å². The summed E-state index contributed by atoms with van der Waals surface area (Å²) in [6.07, 6.45) is 3.74. The standard InChI is InChI=1S/C11H23NO2/c1-11(2,14)5-6-12-8-9-3-4-10(13)7-9/h9-10,12-14H,3-8H2,1-2H3. The van der Waals surface area contributed by atoms with Gasteiger partial charge < -0.3 is 15.5 Å². The monoisotopic (exact) mass is 201 g/mol. The SMILES string of the molecule is CC(C)(O)CCNCC1CCC(O)C1. The highest BCUT2D eigenvalue weighted by atomic mass is 16.3. The summed E-state index contributed by atoms with van der Waals surface area (Å²) < 4.78 is 0. The molecule has 1 rings (SSSR count). The Kier molecular flexibility index (Phi) is 4.35. The van der Waals surface area contributed by atoms with E-state index in [-0.39, 0.29) is 6.10 Å². The molecular formula is C11H23NO2. The van der Waals surface area contributed by atoms with Crippen LogP contribution in [-0.4, -0.2) is 35.0 Å². The van der Waals surface area contributed by atoms with Crippen LogP contribution in [0.15, 0.2) is 0 Å². The highest BCUT2D eigenvalue weighted by Crippen LogP contribution is 2.24. The van der Waals surface area contributed by atoms with Gasteiger partial charge in [0.2, 0.25) is 0 Å². The lowest BCUT2D eigenvalue weighted by Gasteiger charge is -2.18. The molecule has 84 valence electrons. The van der Waals surface area contributed by atoms with Crippen molar-refractivity contribution in [1.82, 2.24) is 5.32 Å². The van der Waals surface area contributed by atoms with Gasteiger partial charge in [-0.2, -0.15) is 0 Å². The molecule has 0 aromatic rings. The smallest absolute Gasteiger partial charge is 0.0603 e. The minimum absolute atomic E-state index is 0.0731. The fraction of sp³-hybridized carbons (Fsp3) is 1.00. The van der Waals surface area contributed by atoms with Gasteiger partial charge >= 0.3 is 0 Å². The predicted octanol–water partition coefficient (Wildman–Crippen LogP) is 0.898. The molecule has 0 radical (unpaired) electrons. The molecule has 3 nitrogen and oxygen atoms in total. The first kappa shape index (κ1) is 12.0. The Hall–Kier alpha value is -0.120. The maximum atomic E-state index is 9.47. The number of aliphatic hydroxyl groups excluding tert-OH is 1. The molecule has 1 fully saturated rings. The van der Waals surface area contributed by atoms with E-state index in [0.29, 0.717) is 5.92 Å². The quantitative estimate of drug-likeness (QED) is 0.579. The molecule has 1 saturated carbocycles.